The minimum absolute atomic E-state index is 0.0851. The van der Waals surface area contributed by atoms with Gasteiger partial charge in [-0.2, -0.15) is 0 Å². The number of para-hydroxylation sites is 2. The summed E-state index contributed by atoms with van der Waals surface area (Å²) in [7, 11) is 0. The number of benzene rings is 9. The lowest BCUT2D eigenvalue weighted by atomic mass is 9.82. The summed E-state index contributed by atoms with van der Waals surface area (Å²) < 4.78 is 6.29. The largest absolute Gasteiger partial charge is 0.456 e. The zero-order chi connectivity index (χ0) is 39.5. The summed E-state index contributed by atoms with van der Waals surface area (Å²) in [6.07, 6.45) is 0. The topological polar surface area (TPSA) is 16.4 Å². The highest BCUT2D eigenvalue weighted by Crippen LogP contribution is 2.52. The second-order valence-corrected chi connectivity index (χ2v) is 16.0. The SMILES string of the molecule is CC1(C)c2ccccc2-c2cc(N(c3ccc(-c4cccc5oc6ccccc6c45)cc3)c3ccccc3-c3ccccc3-c3ccccc3-c3ccccc3)ccc21. The van der Waals surface area contributed by atoms with Crippen molar-refractivity contribution >= 4 is 39.0 Å². The predicted octanol–water partition coefficient (Wildman–Crippen LogP) is 16.0. The Morgan fingerprint density at radius 2 is 0.881 bits per heavy atom. The van der Waals surface area contributed by atoms with Gasteiger partial charge in [-0.1, -0.05) is 184 Å². The lowest BCUT2D eigenvalue weighted by molar-refractivity contribution is 0.660. The highest BCUT2D eigenvalue weighted by atomic mass is 16.3. The van der Waals surface area contributed by atoms with Crippen molar-refractivity contribution in [2.45, 2.75) is 19.3 Å². The Labute approximate surface area is 345 Å². The maximum atomic E-state index is 6.29. The molecule has 0 aliphatic heterocycles. The molecular weight excluding hydrogens is 715 g/mol. The Bertz CT molecular complexity index is 3190. The fraction of sp³-hybridized carbons (Fsp3) is 0.0526. The maximum Gasteiger partial charge on any atom is 0.136 e. The van der Waals surface area contributed by atoms with Crippen molar-refractivity contribution in [1.82, 2.24) is 0 Å². The molecule has 0 radical (unpaired) electrons. The highest BCUT2D eigenvalue weighted by molar-refractivity contribution is 6.12. The Morgan fingerprint density at radius 1 is 0.356 bits per heavy atom. The molecule has 0 N–H and O–H groups in total. The van der Waals surface area contributed by atoms with Crippen LogP contribution in [0.2, 0.25) is 0 Å². The van der Waals surface area contributed by atoms with E-state index in [1.807, 2.05) is 12.1 Å². The fourth-order valence-corrected chi connectivity index (χ4v) is 9.52. The molecule has 0 amide bonds. The van der Waals surface area contributed by atoms with E-state index in [1.165, 1.54) is 50.1 Å². The van der Waals surface area contributed by atoms with E-state index in [1.54, 1.807) is 0 Å². The first-order valence-electron chi connectivity index (χ1n) is 20.4. The van der Waals surface area contributed by atoms with Crippen molar-refractivity contribution in [3.05, 3.63) is 223 Å². The van der Waals surface area contributed by atoms with Gasteiger partial charge in [0.25, 0.3) is 0 Å². The molecule has 0 unspecified atom stereocenters. The molecule has 0 bridgehead atoms. The molecule has 1 aromatic heterocycles. The number of furan rings is 1. The van der Waals surface area contributed by atoms with Crippen molar-refractivity contribution in [1.29, 1.82) is 0 Å². The van der Waals surface area contributed by atoms with Gasteiger partial charge in [0.15, 0.2) is 0 Å². The van der Waals surface area contributed by atoms with Gasteiger partial charge in [0.1, 0.15) is 11.2 Å². The van der Waals surface area contributed by atoms with Crippen molar-refractivity contribution in [3.8, 4) is 55.6 Å². The third-order valence-electron chi connectivity index (χ3n) is 12.3. The van der Waals surface area contributed by atoms with E-state index in [0.29, 0.717) is 0 Å². The van der Waals surface area contributed by atoms with Crippen molar-refractivity contribution in [2.75, 3.05) is 4.90 Å². The van der Waals surface area contributed by atoms with Crippen molar-refractivity contribution < 1.29 is 4.42 Å². The van der Waals surface area contributed by atoms with Gasteiger partial charge >= 0.3 is 0 Å². The summed E-state index contributed by atoms with van der Waals surface area (Å²) in [5, 5.41) is 2.27. The van der Waals surface area contributed by atoms with E-state index >= 15 is 0 Å². The molecule has 0 saturated carbocycles. The summed E-state index contributed by atoms with van der Waals surface area (Å²) >= 11 is 0. The average Bonchev–Trinajstić information content (AvgIpc) is 3.79. The van der Waals surface area contributed by atoms with Crippen LogP contribution in [0.4, 0.5) is 17.1 Å². The molecule has 1 heterocycles. The number of hydrogen-bond donors (Lipinski definition) is 0. The molecule has 9 aromatic carbocycles. The van der Waals surface area contributed by atoms with Gasteiger partial charge in [0.05, 0.1) is 5.69 Å². The average molecular weight is 756 g/mol. The number of anilines is 3. The van der Waals surface area contributed by atoms with Crippen LogP contribution in [0, 0.1) is 0 Å². The Balaban J connectivity index is 1.11. The van der Waals surface area contributed by atoms with Crippen LogP contribution in [0.5, 0.6) is 0 Å². The van der Waals surface area contributed by atoms with E-state index in [2.05, 4.69) is 219 Å². The second-order valence-electron chi connectivity index (χ2n) is 16.0. The number of hydrogen-bond acceptors (Lipinski definition) is 2. The molecular formula is C57H41NO. The molecule has 0 atom stereocenters. The smallest absolute Gasteiger partial charge is 0.136 e. The molecule has 0 fully saturated rings. The summed E-state index contributed by atoms with van der Waals surface area (Å²) in [6, 6.07) is 76.9. The third kappa shape index (κ3) is 5.71. The Hall–Kier alpha value is -7.42. The molecule has 2 heteroatoms. The number of nitrogens with zero attached hydrogens (tertiary/aromatic N) is 1. The first-order chi connectivity index (χ1) is 29.0. The lowest BCUT2D eigenvalue weighted by Gasteiger charge is -2.29. The van der Waals surface area contributed by atoms with Crippen molar-refractivity contribution in [3.63, 3.8) is 0 Å². The minimum atomic E-state index is -0.0851. The zero-order valence-corrected chi connectivity index (χ0v) is 33.1. The van der Waals surface area contributed by atoms with Gasteiger partial charge in [0.2, 0.25) is 0 Å². The van der Waals surface area contributed by atoms with Crippen LogP contribution < -0.4 is 4.90 Å². The molecule has 0 saturated heterocycles. The predicted molar refractivity (Wildman–Crippen MR) is 248 cm³/mol. The molecule has 0 spiro atoms. The van der Waals surface area contributed by atoms with Crippen molar-refractivity contribution in [2.24, 2.45) is 0 Å². The normalized spacial score (nSPS) is 12.7. The number of fused-ring (bicyclic) bond motifs is 6. The van der Waals surface area contributed by atoms with E-state index in [4.69, 9.17) is 4.42 Å². The van der Waals surface area contributed by atoms with Gasteiger partial charge in [-0.15, -0.1) is 0 Å². The molecule has 2 nitrogen and oxygen atoms in total. The molecule has 11 rings (SSSR count). The van der Waals surface area contributed by atoms with Gasteiger partial charge in [0, 0.05) is 33.1 Å². The molecule has 10 aromatic rings. The van der Waals surface area contributed by atoms with Crippen LogP contribution in [-0.2, 0) is 5.41 Å². The summed E-state index contributed by atoms with van der Waals surface area (Å²) in [5.41, 5.74) is 19.8. The first kappa shape index (κ1) is 34.8. The zero-order valence-electron chi connectivity index (χ0n) is 33.1. The van der Waals surface area contributed by atoms with Crippen LogP contribution in [0.15, 0.2) is 217 Å². The summed E-state index contributed by atoms with van der Waals surface area (Å²) in [4.78, 5) is 2.45. The van der Waals surface area contributed by atoms with Crippen LogP contribution in [0.25, 0.3) is 77.6 Å². The second kappa shape index (κ2) is 13.9. The van der Waals surface area contributed by atoms with E-state index in [0.717, 1.165) is 55.7 Å². The summed E-state index contributed by atoms with van der Waals surface area (Å²) in [6.45, 7) is 4.69. The Morgan fingerprint density at radius 3 is 1.66 bits per heavy atom. The monoisotopic (exact) mass is 755 g/mol. The standard InChI is InChI=1S/C57H41NO/c1-57(2)51-27-13-10-23-47(51)50-37-41(35-36-52(50)57)58(40-33-31-39(32-34-40)43-26-16-30-55-56(43)49-25-12-15-29-54(49)59-55)53-28-14-11-24-48(53)46-22-9-8-21-45(46)44-20-7-6-19-42(44)38-17-4-3-5-18-38/h3-37H,1-2H3. The van der Waals surface area contributed by atoms with Crippen LogP contribution >= 0.6 is 0 Å². The summed E-state index contributed by atoms with van der Waals surface area (Å²) in [5.74, 6) is 0. The van der Waals surface area contributed by atoms with Gasteiger partial charge < -0.3 is 9.32 Å². The van der Waals surface area contributed by atoms with E-state index in [-0.39, 0.29) is 5.41 Å². The van der Waals surface area contributed by atoms with E-state index < -0.39 is 0 Å². The van der Waals surface area contributed by atoms with Crippen LogP contribution in [0.1, 0.15) is 25.0 Å². The van der Waals surface area contributed by atoms with Crippen LogP contribution in [0.3, 0.4) is 0 Å². The first-order valence-corrected chi connectivity index (χ1v) is 20.4. The fourth-order valence-electron chi connectivity index (χ4n) is 9.52. The molecule has 59 heavy (non-hydrogen) atoms. The quantitative estimate of drug-likeness (QED) is 0.161. The highest BCUT2D eigenvalue weighted by Gasteiger charge is 2.35. The maximum absolute atomic E-state index is 6.29. The van der Waals surface area contributed by atoms with Gasteiger partial charge in [-0.3, -0.25) is 0 Å². The minimum Gasteiger partial charge on any atom is -0.456 e. The lowest BCUT2D eigenvalue weighted by Crippen LogP contribution is -2.15. The molecule has 1 aliphatic rings. The molecule has 1 aliphatic carbocycles. The van der Waals surface area contributed by atoms with Gasteiger partial charge in [-0.05, 0) is 104 Å². The van der Waals surface area contributed by atoms with Gasteiger partial charge in [-0.25, -0.2) is 0 Å². The number of rotatable bonds is 7. The third-order valence-corrected chi connectivity index (χ3v) is 12.3. The molecule has 280 valence electrons. The van der Waals surface area contributed by atoms with E-state index in [9.17, 15) is 0 Å². The Kier molecular flexibility index (Phi) is 8.20. The van der Waals surface area contributed by atoms with Crippen LogP contribution in [-0.4, -0.2) is 0 Å².